The normalized spacial score (nSPS) is 16.0. The van der Waals surface area contributed by atoms with Crippen LogP contribution in [0.4, 0.5) is 24.8 Å². The SMILES string of the molecule is Nc1ccc(Sc2nc(NC3CCOCC3)ncc2C(F)(F)F)cc1. The van der Waals surface area contributed by atoms with Gasteiger partial charge in [0.15, 0.2) is 0 Å². The molecular weight excluding hydrogens is 353 g/mol. The Morgan fingerprint density at radius 2 is 1.84 bits per heavy atom. The minimum absolute atomic E-state index is 0.0971. The molecule has 1 saturated heterocycles. The van der Waals surface area contributed by atoms with Gasteiger partial charge < -0.3 is 15.8 Å². The summed E-state index contributed by atoms with van der Waals surface area (Å²) in [6.45, 7) is 1.23. The number of anilines is 2. The highest BCUT2D eigenvalue weighted by molar-refractivity contribution is 7.99. The summed E-state index contributed by atoms with van der Waals surface area (Å²) in [6, 6.07) is 6.69. The van der Waals surface area contributed by atoms with Crippen molar-refractivity contribution in [1.29, 1.82) is 0 Å². The summed E-state index contributed by atoms with van der Waals surface area (Å²) in [7, 11) is 0. The fraction of sp³-hybridized carbons (Fsp3) is 0.375. The van der Waals surface area contributed by atoms with E-state index in [-0.39, 0.29) is 17.0 Å². The minimum atomic E-state index is -4.52. The molecular formula is C16H17F3N4OS. The molecule has 3 N–H and O–H groups in total. The van der Waals surface area contributed by atoms with Gasteiger partial charge in [-0.25, -0.2) is 9.97 Å². The highest BCUT2D eigenvalue weighted by Gasteiger charge is 2.35. The van der Waals surface area contributed by atoms with Crippen LogP contribution in [0.5, 0.6) is 0 Å². The van der Waals surface area contributed by atoms with E-state index >= 15 is 0 Å². The summed E-state index contributed by atoms with van der Waals surface area (Å²) < 4.78 is 45.0. The molecule has 25 heavy (non-hydrogen) atoms. The van der Waals surface area contributed by atoms with Crippen LogP contribution in [0.2, 0.25) is 0 Å². The first-order valence-corrected chi connectivity index (χ1v) is 8.55. The Balaban J connectivity index is 1.86. The minimum Gasteiger partial charge on any atom is -0.399 e. The van der Waals surface area contributed by atoms with Crippen LogP contribution in [0.15, 0.2) is 40.4 Å². The summed E-state index contributed by atoms with van der Waals surface area (Å²) in [5.41, 5.74) is 5.30. The first-order chi connectivity index (χ1) is 11.9. The van der Waals surface area contributed by atoms with Crippen molar-refractivity contribution in [2.45, 2.75) is 35.0 Å². The van der Waals surface area contributed by atoms with Crippen molar-refractivity contribution in [3.05, 3.63) is 36.0 Å². The Labute approximate surface area is 147 Å². The molecule has 0 unspecified atom stereocenters. The maximum atomic E-state index is 13.3. The number of aromatic nitrogens is 2. The van der Waals surface area contributed by atoms with E-state index in [0.717, 1.165) is 30.8 Å². The highest BCUT2D eigenvalue weighted by atomic mass is 32.2. The highest BCUT2D eigenvalue weighted by Crippen LogP contribution is 2.38. The molecule has 134 valence electrons. The Kier molecular flexibility index (Phi) is 5.33. The summed E-state index contributed by atoms with van der Waals surface area (Å²) in [5.74, 6) is 0.192. The monoisotopic (exact) mass is 370 g/mol. The smallest absolute Gasteiger partial charge is 0.399 e. The van der Waals surface area contributed by atoms with E-state index in [1.165, 1.54) is 0 Å². The van der Waals surface area contributed by atoms with Gasteiger partial charge in [0, 0.05) is 36.0 Å². The average Bonchev–Trinajstić information content (AvgIpc) is 2.57. The molecule has 2 heterocycles. The lowest BCUT2D eigenvalue weighted by Gasteiger charge is -2.23. The molecule has 1 fully saturated rings. The number of nitrogen functional groups attached to an aromatic ring is 1. The van der Waals surface area contributed by atoms with Gasteiger partial charge in [-0.3, -0.25) is 0 Å². The average molecular weight is 370 g/mol. The molecule has 5 nitrogen and oxygen atoms in total. The van der Waals surface area contributed by atoms with E-state index in [9.17, 15) is 13.2 Å². The number of hydrogen-bond donors (Lipinski definition) is 2. The van der Waals surface area contributed by atoms with Crippen molar-refractivity contribution in [2.24, 2.45) is 0 Å². The predicted octanol–water partition coefficient (Wildman–Crippen LogP) is 3.82. The second-order valence-corrected chi connectivity index (χ2v) is 6.67. The number of hydrogen-bond acceptors (Lipinski definition) is 6. The van der Waals surface area contributed by atoms with Gasteiger partial charge >= 0.3 is 6.18 Å². The van der Waals surface area contributed by atoms with E-state index in [2.05, 4.69) is 15.3 Å². The Morgan fingerprint density at radius 3 is 2.48 bits per heavy atom. The van der Waals surface area contributed by atoms with Crippen LogP contribution in [-0.2, 0) is 10.9 Å². The molecule has 0 saturated carbocycles. The lowest BCUT2D eigenvalue weighted by molar-refractivity contribution is -0.140. The van der Waals surface area contributed by atoms with E-state index in [4.69, 9.17) is 10.5 Å². The van der Waals surface area contributed by atoms with Crippen molar-refractivity contribution >= 4 is 23.4 Å². The van der Waals surface area contributed by atoms with Crippen LogP contribution < -0.4 is 11.1 Å². The molecule has 0 spiro atoms. The van der Waals surface area contributed by atoms with Gasteiger partial charge in [0.2, 0.25) is 5.95 Å². The quantitative estimate of drug-likeness (QED) is 0.630. The number of nitrogens with zero attached hydrogens (tertiary/aromatic N) is 2. The van der Waals surface area contributed by atoms with Gasteiger partial charge in [0.25, 0.3) is 0 Å². The number of benzene rings is 1. The molecule has 0 amide bonds. The van der Waals surface area contributed by atoms with E-state index < -0.39 is 11.7 Å². The summed E-state index contributed by atoms with van der Waals surface area (Å²) in [4.78, 5) is 8.56. The molecule has 1 aromatic heterocycles. The van der Waals surface area contributed by atoms with Crippen LogP contribution >= 0.6 is 11.8 Å². The number of alkyl halides is 3. The zero-order chi connectivity index (χ0) is 17.9. The topological polar surface area (TPSA) is 73.1 Å². The second-order valence-electron chi connectivity index (χ2n) is 5.61. The molecule has 0 radical (unpaired) electrons. The molecule has 9 heteroatoms. The van der Waals surface area contributed by atoms with Crippen LogP contribution in [0.25, 0.3) is 0 Å². The van der Waals surface area contributed by atoms with E-state index in [1.54, 1.807) is 24.3 Å². The number of nitrogens with one attached hydrogen (secondary N) is 1. The summed E-state index contributed by atoms with van der Waals surface area (Å²) >= 11 is 0.935. The second kappa shape index (κ2) is 7.49. The number of rotatable bonds is 4. The Hall–Kier alpha value is -2.00. The number of ether oxygens (including phenoxy) is 1. The van der Waals surface area contributed by atoms with Crippen molar-refractivity contribution in [1.82, 2.24) is 9.97 Å². The van der Waals surface area contributed by atoms with Gasteiger partial charge in [-0.05, 0) is 37.1 Å². The third kappa shape index (κ3) is 4.76. The van der Waals surface area contributed by atoms with Gasteiger partial charge in [0.1, 0.15) is 10.6 Å². The summed E-state index contributed by atoms with van der Waals surface area (Å²) in [5, 5.41) is 2.95. The van der Waals surface area contributed by atoms with E-state index in [1.807, 2.05) is 0 Å². The molecule has 0 bridgehead atoms. The molecule has 3 rings (SSSR count). The molecule has 1 aromatic carbocycles. The maximum Gasteiger partial charge on any atom is 0.420 e. The zero-order valence-corrected chi connectivity index (χ0v) is 14.0. The molecule has 0 atom stereocenters. The fourth-order valence-corrected chi connectivity index (χ4v) is 3.29. The Bertz CT molecular complexity index is 718. The predicted molar refractivity (Wildman–Crippen MR) is 89.5 cm³/mol. The Morgan fingerprint density at radius 1 is 1.16 bits per heavy atom. The first-order valence-electron chi connectivity index (χ1n) is 7.74. The van der Waals surface area contributed by atoms with Crippen molar-refractivity contribution in [2.75, 3.05) is 24.3 Å². The number of nitrogens with two attached hydrogens (primary N) is 1. The van der Waals surface area contributed by atoms with E-state index in [0.29, 0.717) is 23.8 Å². The first kappa shape index (κ1) is 17.8. The van der Waals surface area contributed by atoms with Crippen LogP contribution in [0.3, 0.4) is 0 Å². The lowest BCUT2D eigenvalue weighted by atomic mass is 10.1. The van der Waals surface area contributed by atoms with Crippen molar-refractivity contribution < 1.29 is 17.9 Å². The van der Waals surface area contributed by atoms with Gasteiger partial charge in [-0.2, -0.15) is 13.2 Å². The van der Waals surface area contributed by atoms with Gasteiger partial charge in [-0.15, -0.1) is 0 Å². The van der Waals surface area contributed by atoms with Crippen LogP contribution in [-0.4, -0.2) is 29.2 Å². The maximum absolute atomic E-state index is 13.3. The lowest BCUT2D eigenvalue weighted by Crippen LogP contribution is -2.28. The summed E-state index contributed by atoms with van der Waals surface area (Å²) in [6.07, 6.45) is -2.16. The third-order valence-electron chi connectivity index (χ3n) is 3.71. The molecule has 1 aliphatic rings. The van der Waals surface area contributed by atoms with Gasteiger partial charge in [0.05, 0.1) is 0 Å². The fourth-order valence-electron chi connectivity index (χ4n) is 2.38. The van der Waals surface area contributed by atoms with Gasteiger partial charge in [-0.1, -0.05) is 11.8 Å². The van der Waals surface area contributed by atoms with Crippen LogP contribution in [0.1, 0.15) is 18.4 Å². The molecule has 2 aromatic rings. The molecule has 1 aliphatic heterocycles. The number of halogens is 3. The van der Waals surface area contributed by atoms with Crippen molar-refractivity contribution in [3.63, 3.8) is 0 Å². The van der Waals surface area contributed by atoms with Crippen LogP contribution in [0, 0.1) is 0 Å². The van der Waals surface area contributed by atoms with Crippen molar-refractivity contribution in [3.8, 4) is 0 Å². The largest absolute Gasteiger partial charge is 0.420 e. The third-order valence-corrected chi connectivity index (χ3v) is 4.72. The standard InChI is InChI=1S/C16H17F3N4OS/c17-16(18,19)13-9-21-15(22-11-5-7-24-8-6-11)23-14(13)25-12-3-1-10(20)2-4-12/h1-4,9,11H,5-8,20H2,(H,21,22,23). The molecule has 0 aliphatic carbocycles. The zero-order valence-electron chi connectivity index (χ0n) is 13.2.